The van der Waals surface area contributed by atoms with Crippen LogP contribution in [0.25, 0.3) is 0 Å². The lowest BCUT2D eigenvalue weighted by molar-refractivity contribution is -0.275. The summed E-state index contributed by atoms with van der Waals surface area (Å²) in [4.78, 5) is 15.8. The van der Waals surface area contributed by atoms with E-state index in [4.69, 9.17) is 0 Å². The zero-order valence-electron chi connectivity index (χ0n) is 9.89. The maximum Gasteiger partial charge on any atom is 0.573 e. The number of halogens is 3. The second kappa shape index (κ2) is 5.20. The maximum absolute atomic E-state index is 12.3. The van der Waals surface area contributed by atoms with Gasteiger partial charge in [0.15, 0.2) is 17.3 Å². The number of nitrogens with zero attached hydrogens (tertiary/aromatic N) is 1. The Morgan fingerprint density at radius 3 is 2.40 bits per heavy atom. The van der Waals surface area contributed by atoms with E-state index in [0.29, 0.717) is 0 Å². The number of para-hydroxylation sites is 1. The number of carbonyl (C=O) groups excluding carboxylic acids is 1. The fourth-order valence-corrected chi connectivity index (χ4v) is 1.59. The van der Waals surface area contributed by atoms with Crippen LogP contribution in [0.3, 0.4) is 0 Å². The molecule has 0 radical (unpaired) electrons. The predicted octanol–water partition coefficient (Wildman–Crippen LogP) is 2.92. The molecule has 4 nitrogen and oxygen atoms in total. The lowest BCUT2D eigenvalue weighted by Gasteiger charge is -2.13. The third-order valence-electron chi connectivity index (χ3n) is 2.40. The minimum Gasteiger partial charge on any atom is -0.504 e. The topological polar surface area (TPSA) is 59.4 Å². The van der Waals surface area contributed by atoms with Gasteiger partial charge in [0.2, 0.25) is 0 Å². The Kier molecular flexibility index (Phi) is 3.60. The van der Waals surface area contributed by atoms with Crippen LogP contribution in [-0.2, 0) is 0 Å². The van der Waals surface area contributed by atoms with Crippen LogP contribution in [0.15, 0.2) is 42.7 Å². The summed E-state index contributed by atoms with van der Waals surface area (Å²) < 4.78 is 40.7. The van der Waals surface area contributed by atoms with Crippen molar-refractivity contribution in [2.24, 2.45) is 0 Å². The van der Waals surface area contributed by atoms with E-state index in [0.717, 1.165) is 12.1 Å². The van der Waals surface area contributed by atoms with Crippen molar-refractivity contribution in [2.75, 3.05) is 0 Å². The van der Waals surface area contributed by atoms with E-state index < -0.39 is 23.6 Å². The number of ketones is 1. The minimum atomic E-state index is -5.01. The molecule has 0 bridgehead atoms. The highest BCUT2D eigenvalue weighted by Gasteiger charge is 2.34. The molecule has 0 atom stereocenters. The van der Waals surface area contributed by atoms with Crippen molar-refractivity contribution in [1.29, 1.82) is 0 Å². The molecule has 2 aromatic rings. The molecule has 0 fully saturated rings. The fraction of sp³-hybridized carbons (Fsp3) is 0.0769. The summed E-state index contributed by atoms with van der Waals surface area (Å²) in [6, 6.07) is 6.11. The Morgan fingerprint density at radius 1 is 1.15 bits per heavy atom. The van der Waals surface area contributed by atoms with Gasteiger partial charge in [0.1, 0.15) is 0 Å². The molecule has 0 aliphatic rings. The first-order valence-corrected chi connectivity index (χ1v) is 5.41. The third kappa shape index (κ3) is 3.05. The highest BCUT2D eigenvalue weighted by atomic mass is 19.4. The zero-order chi connectivity index (χ0) is 14.8. The molecule has 1 aromatic heterocycles. The summed E-state index contributed by atoms with van der Waals surface area (Å²) in [5.41, 5.74) is -0.244. The van der Waals surface area contributed by atoms with E-state index in [1.165, 1.54) is 30.6 Å². The number of aromatic hydroxyl groups is 1. The van der Waals surface area contributed by atoms with Crippen LogP contribution in [0, 0.1) is 0 Å². The van der Waals surface area contributed by atoms with Gasteiger partial charge in [-0.3, -0.25) is 9.78 Å². The number of rotatable bonds is 3. The largest absolute Gasteiger partial charge is 0.573 e. The average Bonchev–Trinajstić information content (AvgIpc) is 2.40. The first-order valence-electron chi connectivity index (χ1n) is 5.41. The van der Waals surface area contributed by atoms with Crippen molar-refractivity contribution in [3.63, 3.8) is 0 Å². The summed E-state index contributed by atoms with van der Waals surface area (Å²) in [5.74, 6) is -2.38. The number of pyridine rings is 1. The smallest absolute Gasteiger partial charge is 0.504 e. The third-order valence-corrected chi connectivity index (χ3v) is 2.40. The number of phenols is 1. The van der Waals surface area contributed by atoms with Crippen LogP contribution in [-0.4, -0.2) is 22.2 Å². The SMILES string of the molecule is O=C(c1ccncc1)c1cccc(O)c1OC(F)(F)F. The minimum absolute atomic E-state index is 0.137. The van der Waals surface area contributed by atoms with Gasteiger partial charge in [0.25, 0.3) is 0 Å². The molecule has 1 heterocycles. The highest BCUT2D eigenvalue weighted by Crippen LogP contribution is 2.35. The second-order valence-electron chi connectivity index (χ2n) is 3.77. The number of hydrogen-bond donors (Lipinski definition) is 1. The fourth-order valence-electron chi connectivity index (χ4n) is 1.59. The van der Waals surface area contributed by atoms with Crippen molar-refractivity contribution in [3.8, 4) is 11.5 Å². The summed E-state index contributed by atoms with van der Waals surface area (Å²) in [5, 5.41) is 9.46. The van der Waals surface area contributed by atoms with Gasteiger partial charge in [0, 0.05) is 18.0 Å². The number of alkyl halides is 3. The molecule has 0 spiro atoms. The van der Waals surface area contributed by atoms with Crippen molar-refractivity contribution >= 4 is 5.78 Å². The molecule has 0 saturated heterocycles. The molecule has 104 valence electrons. The molecule has 1 aromatic carbocycles. The highest BCUT2D eigenvalue weighted by molar-refractivity contribution is 6.11. The lowest BCUT2D eigenvalue weighted by Crippen LogP contribution is -2.19. The molecular weight excluding hydrogens is 275 g/mol. The van der Waals surface area contributed by atoms with Crippen LogP contribution >= 0.6 is 0 Å². The van der Waals surface area contributed by atoms with Gasteiger partial charge < -0.3 is 9.84 Å². The first kappa shape index (κ1) is 13.9. The number of ether oxygens (including phenoxy) is 1. The van der Waals surface area contributed by atoms with Crippen molar-refractivity contribution < 1.29 is 27.8 Å². The maximum atomic E-state index is 12.3. The lowest BCUT2D eigenvalue weighted by atomic mass is 10.0. The summed E-state index contributed by atoms with van der Waals surface area (Å²) in [6.45, 7) is 0. The number of benzene rings is 1. The number of aromatic nitrogens is 1. The standard InChI is InChI=1S/C13H8F3NO3/c14-13(15,16)20-12-9(2-1-3-10(12)18)11(19)8-4-6-17-7-5-8/h1-7,18H. The van der Waals surface area contributed by atoms with Gasteiger partial charge in [-0.1, -0.05) is 6.07 Å². The number of hydrogen-bond acceptors (Lipinski definition) is 4. The average molecular weight is 283 g/mol. The zero-order valence-corrected chi connectivity index (χ0v) is 9.89. The van der Waals surface area contributed by atoms with E-state index in [-0.39, 0.29) is 11.1 Å². The summed E-state index contributed by atoms with van der Waals surface area (Å²) in [7, 11) is 0. The number of carbonyl (C=O) groups is 1. The van der Waals surface area contributed by atoms with Gasteiger partial charge in [-0.2, -0.15) is 0 Å². The van der Waals surface area contributed by atoms with Crippen LogP contribution in [0.4, 0.5) is 13.2 Å². The molecule has 7 heteroatoms. The van der Waals surface area contributed by atoms with E-state index in [1.807, 2.05) is 0 Å². The van der Waals surface area contributed by atoms with Crippen molar-refractivity contribution in [1.82, 2.24) is 4.98 Å². The molecule has 0 amide bonds. The van der Waals surface area contributed by atoms with Crippen molar-refractivity contribution in [3.05, 3.63) is 53.9 Å². The van der Waals surface area contributed by atoms with Crippen LogP contribution in [0.5, 0.6) is 11.5 Å². The Balaban J connectivity index is 2.47. The van der Waals surface area contributed by atoms with Crippen LogP contribution < -0.4 is 4.74 Å². The first-order chi connectivity index (χ1) is 9.38. The Morgan fingerprint density at radius 2 is 1.80 bits per heavy atom. The van der Waals surface area contributed by atoms with E-state index >= 15 is 0 Å². The molecule has 0 aliphatic heterocycles. The molecule has 20 heavy (non-hydrogen) atoms. The quantitative estimate of drug-likeness (QED) is 0.880. The van der Waals surface area contributed by atoms with Crippen LogP contribution in [0.1, 0.15) is 15.9 Å². The molecule has 0 aliphatic carbocycles. The molecule has 1 N–H and O–H groups in total. The molecule has 2 rings (SSSR count). The Hall–Kier alpha value is -2.57. The normalized spacial score (nSPS) is 11.2. The van der Waals surface area contributed by atoms with Crippen LogP contribution in [0.2, 0.25) is 0 Å². The summed E-state index contributed by atoms with van der Waals surface area (Å²) >= 11 is 0. The summed E-state index contributed by atoms with van der Waals surface area (Å²) in [6.07, 6.45) is -2.34. The number of phenolic OH excluding ortho intramolecular Hbond substituents is 1. The Labute approximate surface area is 111 Å². The second-order valence-corrected chi connectivity index (χ2v) is 3.77. The molecular formula is C13H8F3NO3. The van der Waals surface area contributed by atoms with Gasteiger partial charge in [-0.15, -0.1) is 13.2 Å². The molecule has 0 unspecified atom stereocenters. The Bertz CT molecular complexity index is 627. The molecule has 0 saturated carbocycles. The van der Waals surface area contributed by atoms with E-state index in [2.05, 4.69) is 9.72 Å². The van der Waals surface area contributed by atoms with Gasteiger partial charge >= 0.3 is 6.36 Å². The van der Waals surface area contributed by atoms with Gasteiger partial charge in [0.05, 0.1) is 5.56 Å². The van der Waals surface area contributed by atoms with Crippen molar-refractivity contribution in [2.45, 2.75) is 6.36 Å². The van der Waals surface area contributed by atoms with E-state index in [9.17, 15) is 23.1 Å². The monoisotopic (exact) mass is 283 g/mol. The van der Waals surface area contributed by atoms with Gasteiger partial charge in [-0.05, 0) is 24.3 Å². The van der Waals surface area contributed by atoms with E-state index in [1.54, 1.807) is 0 Å². The predicted molar refractivity (Wildman–Crippen MR) is 62.5 cm³/mol. The van der Waals surface area contributed by atoms with Gasteiger partial charge in [-0.25, -0.2) is 0 Å².